The van der Waals surface area contributed by atoms with Gasteiger partial charge in [0.25, 0.3) is 5.91 Å². The largest absolute Gasteiger partial charge is 0.497 e. The van der Waals surface area contributed by atoms with Crippen molar-refractivity contribution in [2.75, 3.05) is 19.1 Å². The Morgan fingerprint density at radius 1 is 1.25 bits per heavy atom. The lowest BCUT2D eigenvalue weighted by atomic mass is 9.81. The van der Waals surface area contributed by atoms with Gasteiger partial charge in [0.15, 0.2) is 5.60 Å². The fourth-order valence-corrected chi connectivity index (χ4v) is 4.28. The molecule has 7 nitrogen and oxygen atoms in total. The third-order valence-electron chi connectivity index (χ3n) is 4.54. The number of alkyl carbamates (subject to hydrolysis) is 1. The Bertz CT molecular complexity index is 887. The number of nitrogens with zero attached hydrogens (tertiary/aromatic N) is 1. The minimum Gasteiger partial charge on any atom is -0.497 e. The molecule has 1 aromatic heterocycles. The molecule has 0 aliphatic carbocycles. The van der Waals surface area contributed by atoms with E-state index in [0.29, 0.717) is 21.9 Å². The van der Waals surface area contributed by atoms with Crippen molar-refractivity contribution in [3.8, 4) is 5.75 Å². The van der Waals surface area contributed by atoms with Crippen molar-refractivity contribution in [1.82, 2.24) is 5.32 Å². The third-order valence-corrected chi connectivity index (χ3v) is 5.57. The Morgan fingerprint density at radius 3 is 2.46 bits per heavy atom. The molecule has 0 bridgehead atoms. The van der Waals surface area contributed by atoms with Crippen LogP contribution in [0.3, 0.4) is 0 Å². The predicted octanol–water partition coefficient (Wildman–Crippen LogP) is 2.86. The number of aliphatic hydroxyl groups is 1. The van der Waals surface area contributed by atoms with Crippen molar-refractivity contribution < 1.29 is 24.2 Å². The summed E-state index contributed by atoms with van der Waals surface area (Å²) in [5.41, 5.74) is -1.40. The number of carbonyl (C=O) groups excluding carboxylic acids is 2. The van der Waals surface area contributed by atoms with Crippen LogP contribution in [0.4, 0.5) is 10.5 Å². The molecule has 0 saturated heterocycles. The van der Waals surface area contributed by atoms with Gasteiger partial charge in [-0.15, -0.1) is 11.3 Å². The molecule has 2 amide bonds. The third kappa shape index (κ3) is 3.45. The summed E-state index contributed by atoms with van der Waals surface area (Å²) >= 11 is 1.32. The smallest absolute Gasteiger partial charge is 0.408 e. The summed E-state index contributed by atoms with van der Waals surface area (Å²) in [4.78, 5) is 27.5. The van der Waals surface area contributed by atoms with E-state index in [-0.39, 0.29) is 0 Å². The van der Waals surface area contributed by atoms with Crippen molar-refractivity contribution in [3.05, 3.63) is 46.2 Å². The van der Waals surface area contributed by atoms with Crippen LogP contribution in [0.15, 0.2) is 35.7 Å². The second kappa shape index (κ2) is 7.10. The number of hydrogen-bond donors (Lipinski definition) is 2. The van der Waals surface area contributed by atoms with Gasteiger partial charge in [0.05, 0.1) is 17.7 Å². The van der Waals surface area contributed by atoms with Crippen molar-refractivity contribution in [2.45, 2.75) is 38.0 Å². The van der Waals surface area contributed by atoms with Crippen molar-refractivity contribution in [1.29, 1.82) is 0 Å². The molecule has 0 spiro atoms. The van der Waals surface area contributed by atoms with E-state index in [9.17, 15) is 14.7 Å². The van der Waals surface area contributed by atoms with Crippen LogP contribution in [0.2, 0.25) is 0 Å². The Morgan fingerprint density at radius 2 is 1.89 bits per heavy atom. The molecular formula is C20H24N2O5S. The van der Waals surface area contributed by atoms with Crippen LogP contribution in [0.5, 0.6) is 5.75 Å². The highest BCUT2D eigenvalue weighted by molar-refractivity contribution is 7.10. The van der Waals surface area contributed by atoms with E-state index in [1.54, 1.807) is 70.6 Å². The molecule has 1 aliphatic heterocycles. The summed E-state index contributed by atoms with van der Waals surface area (Å²) in [5.74, 6) is 0.185. The summed E-state index contributed by atoms with van der Waals surface area (Å²) in [6.45, 7) is 5.19. The number of hydrogen-bond acceptors (Lipinski definition) is 6. The number of benzene rings is 1. The Balaban J connectivity index is 2.09. The maximum absolute atomic E-state index is 13.1. The Kier molecular flexibility index (Phi) is 5.12. The van der Waals surface area contributed by atoms with Crippen LogP contribution in [0.25, 0.3) is 0 Å². The number of anilines is 1. The zero-order valence-corrected chi connectivity index (χ0v) is 17.3. The van der Waals surface area contributed by atoms with Crippen LogP contribution >= 0.6 is 11.3 Å². The quantitative estimate of drug-likeness (QED) is 0.821. The van der Waals surface area contributed by atoms with Gasteiger partial charge in [-0.2, -0.15) is 0 Å². The lowest BCUT2D eigenvalue weighted by Gasteiger charge is -2.42. The fourth-order valence-electron chi connectivity index (χ4n) is 3.21. The number of likely N-dealkylation sites (N-methyl/N-ethyl adjacent to an activating group) is 1. The molecule has 8 heteroatoms. The number of fused-ring (bicyclic) bond motifs is 1. The van der Waals surface area contributed by atoms with Crippen molar-refractivity contribution >= 4 is 29.0 Å². The van der Waals surface area contributed by atoms with E-state index in [1.807, 2.05) is 0 Å². The first-order valence-corrected chi connectivity index (χ1v) is 9.68. The molecular weight excluding hydrogens is 380 g/mol. The number of amides is 2. The Labute approximate surface area is 167 Å². The lowest BCUT2D eigenvalue weighted by molar-refractivity contribution is -0.127. The molecule has 0 fully saturated rings. The highest BCUT2D eigenvalue weighted by atomic mass is 32.1. The number of nitrogens with one attached hydrogen (secondary N) is 1. The molecule has 28 heavy (non-hydrogen) atoms. The van der Waals surface area contributed by atoms with E-state index in [0.717, 1.165) is 0 Å². The average molecular weight is 404 g/mol. The summed E-state index contributed by atoms with van der Waals surface area (Å²) in [5, 5.41) is 16.2. The molecule has 0 radical (unpaired) electrons. The van der Waals surface area contributed by atoms with Crippen LogP contribution in [-0.2, 0) is 15.1 Å². The zero-order chi connectivity index (χ0) is 20.7. The van der Waals surface area contributed by atoms with Crippen molar-refractivity contribution in [2.24, 2.45) is 0 Å². The zero-order valence-electron chi connectivity index (χ0n) is 16.5. The molecule has 1 aromatic carbocycles. The number of methoxy groups -OCH3 is 1. The number of carbonyl (C=O) groups is 2. The first-order valence-electron chi connectivity index (χ1n) is 8.80. The first kappa shape index (κ1) is 20.2. The summed E-state index contributed by atoms with van der Waals surface area (Å²) in [6, 6.07) is 7.31. The minimum atomic E-state index is -1.74. The molecule has 2 unspecified atom stereocenters. The molecule has 1 aliphatic rings. The van der Waals surface area contributed by atoms with Crippen LogP contribution in [0, 0.1) is 0 Å². The van der Waals surface area contributed by atoms with Gasteiger partial charge in [-0.25, -0.2) is 4.79 Å². The van der Waals surface area contributed by atoms with E-state index < -0.39 is 29.2 Å². The van der Waals surface area contributed by atoms with Crippen LogP contribution in [0.1, 0.15) is 31.2 Å². The predicted molar refractivity (Wildman–Crippen MR) is 107 cm³/mol. The average Bonchev–Trinajstić information content (AvgIpc) is 3.13. The van der Waals surface area contributed by atoms with Gasteiger partial charge in [0.1, 0.15) is 17.4 Å². The molecule has 0 saturated carbocycles. The summed E-state index contributed by atoms with van der Waals surface area (Å²) in [6.07, 6.45) is -0.772. The normalized spacial score (nSPS) is 21.9. The van der Waals surface area contributed by atoms with Gasteiger partial charge in [-0.05, 0) is 49.9 Å². The van der Waals surface area contributed by atoms with Gasteiger partial charge in [0.2, 0.25) is 0 Å². The summed E-state index contributed by atoms with van der Waals surface area (Å²) < 4.78 is 10.5. The molecule has 2 heterocycles. The standard InChI is InChI=1S/C20H24N2O5S/c1-19(2,3)27-18(24)21-15-17(23)22(4)14-10-11-28-16(14)20(15,25)12-6-8-13(26-5)9-7-12/h6-11,15,25H,1-5H3,(H,21,24). The van der Waals surface area contributed by atoms with E-state index in [2.05, 4.69) is 5.32 Å². The van der Waals surface area contributed by atoms with Gasteiger partial charge in [-0.1, -0.05) is 12.1 Å². The number of rotatable bonds is 3. The summed E-state index contributed by atoms with van der Waals surface area (Å²) in [7, 11) is 3.16. The van der Waals surface area contributed by atoms with Crippen LogP contribution < -0.4 is 15.0 Å². The van der Waals surface area contributed by atoms with Crippen molar-refractivity contribution in [3.63, 3.8) is 0 Å². The second-order valence-electron chi connectivity index (χ2n) is 7.61. The van der Waals surface area contributed by atoms with E-state index in [4.69, 9.17) is 9.47 Å². The molecule has 2 aromatic rings. The SMILES string of the molecule is COc1ccc(C2(O)c3sccc3N(C)C(=O)C2NC(=O)OC(C)(C)C)cc1. The highest BCUT2D eigenvalue weighted by Gasteiger charge is 2.53. The molecule has 2 N–H and O–H groups in total. The molecule has 3 rings (SSSR count). The number of ether oxygens (including phenoxy) is 2. The van der Waals surface area contributed by atoms with Gasteiger partial charge >= 0.3 is 6.09 Å². The number of thiophene rings is 1. The topological polar surface area (TPSA) is 88.1 Å². The highest BCUT2D eigenvalue weighted by Crippen LogP contribution is 2.46. The first-order chi connectivity index (χ1) is 13.1. The van der Waals surface area contributed by atoms with E-state index in [1.165, 1.54) is 16.2 Å². The Hall–Kier alpha value is -2.58. The minimum absolute atomic E-state index is 0.435. The second-order valence-corrected chi connectivity index (χ2v) is 8.52. The fraction of sp³-hybridized carbons (Fsp3) is 0.400. The van der Waals surface area contributed by atoms with Gasteiger partial charge in [-0.3, -0.25) is 4.79 Å². The van der Waals surface area contributed by atoms with Crippen LogP contribution in [-0.4, -0.2) is 42.9 Å². The maximum atomic E-state index is 13.1. The molecule has 150 valence electrons. The monoisotopic (exact) mass is 404 g/mol. The maximum Gasteiger partial charge on any atom is 0.408 e. The molecule has 2 atom stereocenters. The lowest BCUT2D eigenvalue weighted by Crippen LogP contribution is -2.62. The van der Waals surface area contributed by atoms with Gasteiger partial charge in [0, 0.05) is 7.05 Å². The van der Waals surface area contributed by atoms with Gasteiger partial charge < -0.3 is 24.8 Å². The van der Waals surface area contributed by atoms with E-state index >= 15 is 0 Å².